The molecular formula is C11H20N2OS. The Hall–Kier alpha value is -0.820. The summed E-state index contributed by atoms with van der Waals surface area (Å²) in [5.74, 6) is 4.74. The van der Waals surface area contributed by atoms with Gasteiger partial charge in [0.05, 0.1) is 0 Å². The van der Waals surface area contributed by atoms with Crippen molar-refractivity contribution in [3.63, 3.8) is 0 Å². The number of rotatable bonds is 7. The summed E-state index contributed by atoms with van der Waals surface area (Å²) in [6, 6.07) is -0.0840. The third-order valence-corrected chi connectivity index (χ3v) is 2.74. The van der Waals surface area contributed by atoms with Gasteiger partial charge in [-0.2, -0.15) is 11.8 Å². The molecule has 0 rings (SSSR count). The van der Waals surface area contributed by atoms with Gasteiger partial charge in [-0.05, 0) is 24.9 Å². The highest BCUT2D eigenvalue weighted by Gasteiger charge is 2.04. The Kier molecular flexibility index (Phi) is 9.19. The Morgan fingerprint density at radius 2 is 2.33 bits per heavy atom. The molecule has 0 aromatic carbocycles. The minimum atomic E-state index is -0.126. The summed E-state index contributed by atoms with van der Waals surface area (Å²) < 4.78 is 0. The van der Waals surface area contributed by atoms with Crippen LogP contribution in [0.5, 0.6) is 0 Å². The van der Waals surface area contributed by atoms with E-state index < -0.39 is 0 Å². The van der Waals surface area contributed by atoms with E-state index in [-0.39, 0.29) is 12.1 Å². The summed E-state index contributed by atoms with van der Waals surface area (Å²) >= 11 is 1.88. The summed E-state index contributed by atoms with van der Waals surface area (Å²) in [6.45, 7) is 4.75. The summed E-state index contributed by atoms with van der Waals surface area (Å²) in [7, 11) is 0. The van der Waals surface area contributed by atoms with Gasteiger partial charge >= 0.3 is 6.03 Å². The van der Waals surface area contributed by atoms with Crippen LogP contribution in [0, 0.1) is 12.3 Å². The van der Waals surface area contributed by atoms with Crippen molar-refractivity contribution in [1.82, 2.24) is 10.6 Å². The fourth-order valence-corrected chi connectivity index (χ4v) is 1.66. The van der Waals surface area contributed by atoms with E-state index in [0.29, 0.717) is 6.42 Å². The average Bonchev–Trinajstić information content (AvgIpc) is 2.17. The molecule has 0 spiro atoms. The predicted molar refractivity (Wildman–Crippen MR) is 67.1 cm³/mol. The van der Waals surface area contributed by atoms with E-state index in [1.807, 2.05) is 18.7 Å². The Balaban J connectivity index is 3.37. The van der Waals surface area contributed by atoms with E-state index in [2.05, 4.69) is 23.5 Å². The first-order chi connectivity index (χ1) is 7.20. The van der Waals surface area contributed by atoms with Crippen molar-refractivity contribution in [2.45, 2.75) is 32.7 Å². The monoisotopic (exact) mass is 228 g/mol. The van der Waals surface area contributed by atoms with Crippen molar-refractivity contribution in [1.29, 1.82) is 0 Å². The molecule has 2 amide bonds. The second-order valence-electron chi connectivity index (χ2n) is 3.26. The smallest absolute Gasteiger partial charge is 0.315 e. The molecule has 3 nitrogen and oxygen atoms in total. The van der Waals surface area contributed by atoms with Gasteiger partial charge in [-0.1, -0.05) is 6.92 Å². The highest BCUT2D eigenvalue weighted by molar-refractivity contribution is 7.99. The maximum Gasteiger partial charge on any atom is 0.315 e. The second kappa shape index (κ2) is 9.72. The predicted octanol–water partition coefficient (Wildman–Crippen LogP) is 1.84. The molecule has 0 aliphatic carbocycles. The fourth-order valence-electron chi connectivity index (χ4n) is 1.02. The number of nitrogens with one attached hydrogen (secondary N) is 2. The van der Waals surface area contributed by atoms with E-state index in [4.69, 9.17) is 6.42 Å². The molecule has 0 aromatic rings. The molecule has 0 aromatic heterocycles. The first kappa shape index (κ1) is 14.2. The highest BCUT2D eigenvalue weighted by atomic mass is 32.2. The first-order valence-electron chi connectivity index (χ1n) is 5.26. The Morgan fingerprint density at radius 1 is 1.60 bits per heavy atom. The zero-order chi connectivity index (χ0) is 11.5. The van der Waals surface area contributed by atoms with Crippen molar-refractivity contribution in [3.8, 4) is 12.3 Å². The van der Waals surface area contributed by atoms with Gasteiger partial charge in [0.25, 0.3) is 0 Å². The van der Waals surface area contributed by atoms with Crippen LogP contribution >= 0.6 is 11.8 Å². The van der Waals surface area contributed by atoms with Crippen LogP contribution in [-0.4, -0.2) is 30.1 Å². The van der Waals surface area contributed by atoms with Crippen molar-refractivity contribution < 1.29 is 4.79 Å². The third kappa shape index (κ3) is 9.48. The summed E-state index contributed by atoms with van der Waals surface area (Å²) in [6.07, 6.45) is 6.71. The van der Waals surface area contributed by atoms with Gasteiger partial charge in [-0.15, -0.1) is 12.3 Å². The summed E-state index contributed by atoms with van der Waals surface area (Å²) in [5.41, 5.74) is 0. The van der Waals surface area contributed by atoms with Crippen LogP contribution in [0.3, 0.4) is 0 Å². The van der Waals surface area contributed by atoms with Gasteiger partial charge in [0.15, 0.2) is 0 Å². The molecule has 0 radical (unpaired) electrons. The minimum Gasteiger partial charge on any atom is -0.338 e. The van der Waals surface area contributed by atoms with Gasteiger partial charge in [-0.3, -0.25) is 0 Å². The molecule has 1 atom stereocenters. The summed E-state index contributed by atoms with van der Waals surface area (Å²) in [5, 5.41) is 5.57. The van der Waals surface area contributed by atoms with E-state index in [1.165, 1.54) is 0 Å². The Morgan fingerprint density at radius 3 is 2.93 bits per heavy atom. The van der Waals surface area contributed by atoms with Crippen LogP contribution in [0.4, 0.5) is 4.79 Å². The number of thioether (sulfide) groups is 1. The zero-order valence-corrected chi connectivity index (χ0v) is 10.3. The van der Waals surface area contributed by atoms with E-state index >= 15 is 0 Å². The van der Waals surface area contributed by atoms with E-state index in [9.17, 15) is 4.79 Å². The lowest BCUT2D eigenvalue weighted by molar-refractivity contribution is 0.238. The fraction of sp³-hybridized carbons (Fsp3) is 0.727. The van der Waals surface area contributed by atoms with Crippen LogP contribution in [0.25, 0.3) is 0 Å². The lowest BCUT2D eigenvalue weighted by atomic mass is 10.2. The highest BCUT2D eigenvalue weighted by Crippen LogP contribution is 1.99. The molecule has 4 heteroatoms. The lowest BCUT2D eigenvalue weighted by Crippen LogP contribution is -2.41. The van der Waals surface area contributed by atoms with Crippen molar-refractivity contribution in [2.24, 2.45) is 0 Å². The minimum absolute atomic E-state index is 0.0417. The zero-order valence-electron chi connectivity index (χ0n) is 9.51. The molecule has 0 saturated carbocycles. The SMILES string of the molecule is C#CC[C@@H](C)NC(=O)NCCCSCC. The molecule has 0 aliphatic heterocycles. The molecule has 0 aliphatic rings. The number of amides is 2. The summed E-state index contributed by atoms with van der Waals surface area (Å²) in [4.78, 5) is 11.3. The quantitative estimate of drug-likeness (QED) is 0.516. The Labute approximate surface area is 96.8 Å². The number of carbonyl (C=O) groups excluding carboxylic acids is 1. The van der Waals surface area contributed by atoms with Crippen LogP contribution in [0.1, 0.15) is 26.7 Å². The van der Waals surface area contributed by atoms with Gasteiger partial charge in [0, 0.05) is 19.0 Å². The molecule has 15 heavy (non-hydrogen) atoms. The first-order valence-corrected chi connectivity index (χ1v) is 6.41. The van der Waals surface area contributed by atoms with Gasteiger partial charge in [0.1, 0.15) is 0 Å². The maximum absolute atomic E-state index is 11.3. The standard InChI is InChI=1S/C11H20N2OS/c1-4-7-10(3)13-11(14)12-8-6-9-15-5-2/h1,10H,5-9H2,2-3H3,(H2,12,13,14)/t10-/m1/s1. The molecule has 0 heterocycles. The number of carbonyl (C=O) groups is 1. The molecular weight excluding hydrogens is 208 g/mol. The molecule has 86 valence electrons. The second-order valence-corrected chi connectivity index (χ2v) is 4.65. The van der Waals surface area contributed by atoms with Crippen LogP contribution in [0.2, 0.25) is 0 Å². The van der Waals surface area contributed by atoms with Gasteiger partial charge in [0.2, 0.25) is 0 Å². The molecule has 2 N–H and O–H groups in total. The van der Waals surface area contributed by atoms with E-state index in [1.54, 1.807) is 0 Å². The van der Waals surface area contributed by atoms with Crippen LogP contribution < -0.4 is 10.6 Å². The lowest BCUT2D eigenvalue weighted by Gasteiger charge is -2.11. The van der Waals surface area contributed by atoms with Crippen molar-refractivity contribution in [3.05, 3.63) is 0 Å². The van der Waals surface area contributed by atoms with E-state index in [0.717, 1.165) is 24.5 Å². The van der Waals surface area contributed by atoms with Gasteiger partial charge < -0.3 is 10.6 Å². The molecule has 0 saturated heterocycles. The number of hydrogen-bond donors (Lipinski definition) is 2. The molecule has 0 unspecified atom stereocenters. The maximum atomic E-state index is 11.3. The normalized spacial score (nSPS) is 11.5. The molecule has 0 fully saturated rings. The number of terminal acetylenes is 1. The topological polar surface area (TPSA) is 41.1 Å². The number of urea groups is 1. The van der Waals surface area contributed by atoms with Crippen LogP contribution in [0.15, 0.2) is 0 Å². The largest absolute Gasteiger partial charge is 0.338 e. The molecule has 0 bridgehead atoms. The van der Waals surface area contributed by atoms with Crippen molar-refractivity contribution >= 4 is 17.8 Å². The Bertz CT molecular complexity index is 213. The number of hydrogen-bond acceptors (Lipinski definition) is 2. The third-order valence-electron chi connectivity index (χ3n) is 1.76. The van der Waals surface area contributed by atoms with Gasteiger partial charge in [-0.25, -0.2) is 4.79 Å². The van der Waals surface area contributed by atoms with Crippen LogP contribution in [-0.2, 0) is 0 Å². The van der Waals surface area contributed by atoms with Crippen molar-refractivity contribution in [2.75, 3.05) is 18.1 Å². The average molecular weight is 228 g/mol.